The summed E-state index contributed by atoms with van der Waals surface area (Å²) >= 11 is 1.29. The Morgan fingerprint density at radius 3 is 2.58 bits per heavy atom. The van der Waals surface area contributed by atoms with Crippen molar-refractivity contribution in [2.45, 2.75) is 6.61 Å². The van der Waals surface area contributed by atoms with Crippen LogP contribution in [0.4, 0.5) is 11.4 Å². The van der Waals surface area contributed by atoms with Crippen molar-refractivity contribution in [1.29, 1.82) is 0 Å². The second-order valence-corrected chi connectivity index (χ2v) is 10.2. The lowest BCUT2D eigenvalue weighted by Gasteiger charge is -2.28. The van der Waals surface area contributed by atoms with Gasteiger partial charge >= 0.3 is 5.97 Å². The first-order valence-electron chi connectivity index (χ1n) is 12.7. The van der Waals surface area contributed by atoms with E-state index in [0.29, 0.717) is 32.7 Å². The molecule has 0 aliphatic carbocycles. The normalized spacial score (nSPS) is 17.5. The first-order valence-corrected chi connectivity index (χ1v) is 13.6. The Labute approximate surface area is 236 Å². The lowest BCUT2D eigenvalue weighted by molar-refractivity contribution is -0.121. The zero-order chi connectivity index (χ0) is 28.1. The number of likely N-dealkylation sites (N-methyl/N-ethyl adjacent to an activating group) is 1. The SMILES string of the molecule is COc1cccc(C=C2SC(=Nc3ccc(N4CCOCC4)cc3)N(C)C2=O)c1OCc1cccc(C(=O)O)c1. The van der Waals surface area contributed by atoms with Crippen LogP contribution in [0, 0.1) is 0 Å². The van der Waals surface area contributed by atoms with Gasteiger partial charge in [0.15, 0.2) is 16.7 Å². The first kappa shape index (κ1) is 27.3. The van der Waals surface area contributed by atoms with Gasteiger partial charge in [0.05, 0.1) is 36.5 Å². The molecule has 2 heterocycles. The van der Waals surface area contributed by atoms with Crippen LogP contribution in [0.15, 0.2) is 76.6 Å². The fourth-order valence-electron chi connectivity index (χ4n) is 4.37. The largest absolute Gasteiger partial charge is 0.493 e. The van der Waals surface area contributed by atoms with Gasteiger partial charge in [0, 0.05) is 31.4 Å². The van der Waals surface area contributed by atoms with Crippen LogP contribution in [-0.4, -0.2) is 67.5 Å². The Morgan fingerprint density at radius 1 is 1.10 bits per heavy atom. The average molecular weight is 560 g/mol. The van der Waals surface area contributed by atoms with Gasteiger partial charge in [-0.05, 0) is 65.9 Å². The number of carboxylic acids is 1. The van der Waals surface area contributed by atoms with Crippen LogP contribution in [-0.2, 0) is 16.1 Å². The van der Waals surface area contributed by atoms with Gasteiger partial charge in [0.25, 0.3) is 5.91 Å². The second-order valence-electron chi connectivity index (χ2n) is 9.16. The summed E-state index contributed by atoms with van der Waals surface area (Å²) in [5.74, 6) is -0.215. The summed E-state index contributed by atoms with van der Waals surface area (Å²) in [5, 5.41) is 9.86. The second kappa shape index (κ2) is 12.3. The number of aromatic carboxylic acids is 1. The number of nitrogens with zero attached hydrogens (tertiary/aromatic N) is 3. The molecule has 0 atom stereocenters. The molecule has 0 radical (unpaired) electrons. The molecule has 2 aliphatic rings. The maximum absolute atomic E-state index is 13.1. The van der Waals surface area contributed by atoms with Gasteiger partial charge < -0.3 is 24.2 Å². The number of amides is 1. The quantitative estimate of drug-likeness (QED) is 0.383. The first-order chi connectivity index (χ1) is 19.4. The molecule has 1 amide bonds. The van der Waals surface area contributed by atoms with Crippen molar-refractivity contribution in [2.24, 2.45) is 4.99 Å². The summed E-state index contributed by atoms with van der Waals surface area (Å²) in [6.45, 7) is 3.30. The van der Waals surface area contributed by atoms with Gasteiger partial charge in [0.1, 0.15) is 6.61 Å². The third-order valence-corrected chi connectivity index (χ3v) is 7.59. The molecule has 5 rings (SSSR count). The third-order valence-electron chi connectivity index (χ3n) is 6.53. The van der Waals surface area contributed by atoms with Crippen molar-refractivity contribution < 1.29 is 28.9 Å². The van der Waals surface area contributed by atoms with E-state index in [2.05, 4.69) is 4.90 Å². The highest BCUT2D eigenvalue weighted by Gasteiger charge is 2.31. The number of ether oxygens (including phenoxy) is 3. The van der Waals surface area contributed by atoms with Gasteiger partial charge in [-0.1, -0.05) is 24.3 Å². The van der Waals surface area contributed by atoms with Crippen molar-refractivity contribution in [2.75, 3.05) is 45.4 Å². The van der Waals surface area contributed by atoms with Gasteiger partial charge in [-0.15, -0.1) is 0 Å². The summed E-state index contributed by atoms with van der Waals surface area (Å²) in [4.78, 5) is 33.5. The summed E-state index contributed by atoms with van der Waals surface area (Å²) < 4.78 is 17.0. The number of hydrogen-bond donors (Lipinski definition) is 1. The number of carbonyl (C=O) groups is 2. The fraction of sp³-hybridized carbons (Fsp3) is 0.233. The Kier molecular flexibility index (Phi) is 8.37. The maximum Gasteiger partial charge on any atom is 0.335 e. The number of aliphatic imine (C=N–C) groups is 1. The number of carboxylic acid groups (broad SMARTS) is 1. The van der Waals surface area contributed by atoms with E-state index in [-0.39, 0.29) is 18.1 Å². The number of anilines is 1. The van der Waals surface area contributed by atoms with E-state index < -0.39 is 5.97 Å². The predicted molar refractivity (Wildman–Crippen MR) is 156 cm³/mol. The van der Waals surface area contributed by atoms with E-state index in [1.165, 1.54) is 22.7 Å². The Morgan fingerprint density at radius 2 is 1.85 bits per heavy atom. The predicted octanol–water partition coefficient (Wildman–Crippen LogP) is 5.04. The van der Waals surface area contributed by atoms with E-state index in [4.69, 9.17) is 19.2 Å². The topological polar surface area (TPSA) is 101 Å². The molecule has 2 saturated heterocycles. The summed E-state index contributed by atoms with van der Waals surface area (Å²) in [6.07, 6.45) is 1.76. The maximum atomic E-state index is 13.1. The molecule has 3 aromatic rings. The van der Waals surface area contributed by atoms with E-state index in [9.17, 15) is 14.7 Å². The number of benzene rings is 3. The molecule has 0 bridgehead atoms. The van der Waals surface area contributed by atoms with Crippen LogP contribution in [0.1, 0.15) is 21.5 Å². The Bertz CT molecular complexity index is 1460. The lowest BCUT2D eigenvalue weighted by atomic mass is 10.1. The standard InChI is InChI=1S/C30H29N3O6S/c1-32-28(34)26(40-30(32)31-23-9-11-24(12-10-23)33-13-15-38-16-14-33)18-21-6-4-8-25(37-2)27(21)39-19-20-5-3-7-22(17-20)29(35)36/h3-12,17-18H,13-16,19H2,1-2H3,(H,35,36). The number of rotatable bonds is 8. The molecule has 2 fully saturated rings. The molecule has 2 aliphatic heterocycles. The highest BCUT2D eigenvalue weighted by Crippen LogP contribution is 2.38. The monoisotopic (exact) mass is 559 g/mol. The molecular formula is C30H29N3O6S. The van der Waals surface area contributed by atoms with Gasteiger partial charge in [-0.3, -0.25) is 9.69 Å². The minimum Gasteiger partial charge on any atom is -0.493 e. The van der Waals surface area contributed by atoms with E-state index in [1.54, 1.807) is 44.5 Å². The van der Waals surface area contributed by atoms with E-state index >= 15 is 0 Å². The minimum absolute atomic E-state index is 0.131. The van der Waals surface area contributed by atoms with Crippen LogP contribution in [0.2, 0.25) is 0 Å². The van der Waals surface area contributed by atoms with Crippen LogP contribution in [0.5, 0.6) is 11.5 Å². The molecule has 1 N–H and O–H groups in total. The minimum atomic E-state index is -1.00. The number of amidine groups is 1. The molecular weight excluding hydrogens is 530 g/mol. The highest BCUT2D eigenvalue weighted by atomic mass is 32.2. The molecule has 40 heavy (non-hydrogen) atoms. The lowest BCUT2D eigenvalue weighted by Crippen LogP contribution is -2.36. The van der Waals surface area contributed by atoms with Crippen LogP contribution >= 0.6 is 11.8 Å². The molecule has 206 valence electrons. The molecule has 9 nitrogen and oxygen atoms in total. The number of hydrogen-bond acceptors (Lipinski definition) is 8. The van der Waals surface area contributed by atoms with Crippen molar-refractivity contribution in [1.82, 2.24) is 4.90 Å². The van der Waals surface area contributed by atoms with E-state index in [1.807, 2.05) is 36.4 Å². The number of carbonyl (C=O) groups excluding carboxylic acids is 1. The molecule has 3 aromatic carbocycles. The zero-order valence-corrected chi connectivity index (χ0v) is 23.0. The average Bonchev–Trinajstić information content (AvgIpc) is 3.24. The van der Waals surface area contributed by atoms with Crippen molar-refractivity contribution in [3.63, 3.8) is 0 Å². The molecule has 10 heteroatoms. The summed E-state index contributed by atoms with van der Waals surface area (Å²) in [7, 11) is 3.25. The van der Waals surface area contributed by atoms with E-state index in [0.717, 1.165) is 37.7 Å². The smallest absolute Gasteiger partial charge is 0.335 e. The molecule has 0 unspecified atom stereocenters. The van der Waals surface area contributed by atoms with Crippen LogP contribution in [0.25, 0.3) is 6.08 Å². The summed E-state index contributed by atoms with van der Waals surface area (Å²) in [6, 6.07) is 20.0. The van der Waals surface area contributed by atoms with Crippen molar-refractivity contribution in [3.8, 4) is 11.5 Å². The zero-order valence-electron chi connectivity index (χ0n) is 22.2. The fourth-order valence-corrected chi connectivity index (χ4v) is 5.35. The van der Waals surface area contributed by atoms with Gasteiger partial charge in [-0.2, -0.15) is 0 Å². The van der Waals surface area contributed by atoms with Crippen LogP contribution < -0.4 is 14.4 Å². The Hall–Kier alpha value is -4.28. The van der Waals surface area contributed by atoms with Crippen molar-refractivity contribution in [3.05, 3.63) is 88.3 Å². The number of morpholine rings is 1. The number of para-hydroxylation sites is 1. The van der Waals surface area contributed by atoms with Gasteiger partial charge in [0.2, 0.25) is 0 Å². The highest BCUT2D eigenvalue weighted by molar-refractivity contribution is 8.18. The number of thioether (sulfide) groups is 1. The van der Waals surface area contributed by atoms with Gasteiger partial charge in [-0.25, -0.2) is 9.79 Å². The molecule has 0 aromatic heterocycles. The third kappa shape index (κ3) is 6.13. The molecule has 0 saturated carbocycles. The summed E-state index contributed by atoms with van der Waals surface area (Å²) in [5.41, 5.74) is 3.42. The molecule has 0 spiro atoms. The van der Waals surface area contributed by atoms with Crippen molar-refractivity contribution >= 4 is 46.3 Å². The number of methoxy groups -OCH3 is 1. The van der Waals surface area contributed by atoms with Crippen LogP contribution in [0.3, 0.4) is 0 Å². The Balaban J connectivity index is 1.36.